The summed E-state index contributed by atoms with van der Waals surface area (Å²) in [5, 5.41) is 9.04. The number of aromatic nitrogens is 3. The number of rotatable bonds is 7. The second kappa shape index (κ2) is 11.2. The van der Waals surface area contributed by atoms with E-state index in [2.05, 4.69) is 42.4 Å². The van der Waals surface area contributed by atoms with Crippen LogP contribution in [0, 0.1) is 0 Å². The maximum atomic E-state index is 11.8. The number of carbonyl (C=O) groups excluding carboxylic acids is 2. The summed E-state index contributed by atoms with van der Waals surface area (Å²) in [5.74, 6) is 0.860. The first-order chi connectivity index (χ1) is 17.3. The second-order valence-corrected chi connectivity index (χ2v) is 8.84. The lowest BCUT2D eigenvalue weighted by atomic mass is 10.2. The molecule has 1 saturated heterocycles. The monoisotopic (exact) mass is 526 g/mol. The van der Waals surface area contributed by atoms with Gasteiger partial charge < -0.3 is 25.8 Å². The molecular weight excluding hydrogens is 503 g/mol. The van der Waals surface area contributed by atoms with E-state index < -0.39 is 5.91 Å². The van der Waals surface area contributed by atoms with Crippen LogP contribution in [0.25, 0.3) is 0 Å². The standard InChI is InChI=1S/C24H24Cl2N8O2/c1-15(25)23(36)30-18-5-3-4-17(12-18)29-22-20(26)14-28-24(32-22)31-21-7-6-19(13-27-21)34-10-8-33(9-11-34)16(2)35/h3-7,12-14H,1,8-11H2,2H3,(H,30,36)(H2,27,28,29,31,32). The predicted octanol–water partition coefficient (Wildman–Crippen LogP) is 4.37. The Hall–Kier alpha value is -3.89. The summed E-state index contributed by atoms with van der Waals surface area (Å²) in [6.45, 7) is 7.91. The average Bonchev–Trinajstić information content (AvgIpc) is 2.87. The molecule has 3 aromatic rings. The van der Waals surface area contributed by atoms with Gasteiger partial charge in [0, 0.05) is 44.5 Å². The minimum absolute atomic E-state index is 0.0984. The third-order valence-electron chi connectivity index (χ3n) is 5.45. The van der Waals surface area contributed by atoms with Crippen LogP contribution in [0.2, 0.25) is 5.02 Å². The number of benzene rings is 1. The number of hydrogen-bond donors (Lipinski definition) is 3. The molecule has 0 unspecified atom stereocenters. The number of nitrogens with one attached hydrogen (secondary N) is 3. The van der Waals surface area contributed by atoms with Crippen LogP contribution >= 0.6 is 23.2 Å². The fraction of sp³-hybridized carbons (Fsp3) is 0.208. The van der Waals surface area contributed by atoms with E-state index in [1.165, 1.54) is 6.20 Å². The molecule has 2 aromatic heterocycles. The highest BCUT2D eigenvalue weighted by atomic mass is 35.5. The van der Waals surface area contributed by atoms with Gasteiger partial charge >= 0.3 is 0 Å². The molecule has 0 bridgehead atoms. The van der Waals surface area contributed by atoms with Gasteiger partial charge in [0.25, 0.3) is 5.91 Å². The first-order valence-electron chi connectivity index (χ1n) is 11.1. The maximum absolute atomic E-state index is 11.8. The van der Waals surface area contributed by atoms with Gasteiger partial charge in [-0.2, -0.15) is 4.98 Å². The van der Waals surface area contributed by atoms with Gasteiger partial charge in [-0.15, -0.1) is 0 Å². The molecule has 4 rings (SSSR count). The molecule has 3 heterocycles. The quantitative estimate of drug-likeness (QED) is 0.388. The van der Waals surface area contributed by atoms with Crippen LogP contribution in [-0.4, -0.2) is 57.8 Å². The normalized spacial score (nSPS) is 13.2. The Balaban J connectivity index is 1.41. The summed E-state index contributed by atoms with van der Waals surface area (Å²) in [6.07, 6.45) is 3.25. The van der Waals surface area contributed by atoms with Gasteiger partial charge in [0.2, 0.25) is 11.9 Å². The Morgan fingerprint density at radius 3 is 2.42 bits per heavy atom. The highest BCUT2D eigenvalue weighted by Crippen LogP contribution is 2.26. The first kappa shape index (κ1) is 25.2. The van der Waals surface area contributed by atoms with Gasteiger partial charge in [-0.1, -0.05) is 35.8 Å². The Kier molecular flexibility index (Phi) is 7.87. The number of halogens is 2. The average molecular weight is 527 g/mol. The molecule has 2 amide bonds. The van der Waals surface area contributed by atoms with Crippen molar-refractivity contribution < 1.29 is 9.59 Å². The minimum Gasteiger partial charge on any atom is -0.367 e. The summed E-state index contributed by atoms with van der Waals surface area (Å²) in [4.78, 5) is 40.5. The first-order valence-corrected chi connectivity index (χ1v) is 11.8. The van der Waals surface area contributed by atoms with E-state index in [0.717, 1.165) is 18.8 Å². The Labute approximate surface area is 218 Å². The summed E-state index contributed by atoms with van der Waals surface area (Å²) in [6, 6.07) is 10.8. The van der Waals surface area contributed by atoms with Crippen LogP contribution in [0.4, 0.5) is 34.6 Å². The van der Waals surface area contributed by atoms with Gasteiger partial charge in [0.1, 0.15) is 10.8 Å². The Morgan fingerprint density at radius 1 is 1.00 bits per heavy atom. The number of pyridine rings is 1. The lowest BCUT2D eigenvalue weighted by Gasteiger charge is -2.35. The van der Waals surface area contributed by atoms with Gasteiger partial charge in [0.15, 0.2) is 5.82 Å². The van der Waals surface area contributed by atoms with Crippen molar-refractivity contribution in [2.24, 2.45) is 0 Å². The molecular formula is C24H24Cl2N8O2. The number of anilines is 6. The van der Waals surface area contributed by atoms with E-state index in [-0.39, 0.29) is 10.9 Å². The van der Waals surface area contributed by atoms with Crippen LogP contribution in [0.3, 0.4) is 0 Å². The van der Waals surface area contributed by atoms with E-state index in [1.54, 1.807) is 37.4 Å². The molecule has 186 valence electrons. The Morgan fingerprint density at radius 2 is 1.75 bits per heavy atom. The van der Waals surface area contributed by atoms with Crippen molar-refractivity contribution >= 4 is 69.7 Å². The lowest BCUT2D eigenvalue weighted by molar-refractivity contribution is -0.129. The molecule has 3 N–H and O–H groups in total. The molecule has 0 spiro atoms. The number of amides is 2. The third-order valence-corrected chi connectivity index (χ3v) is 5.90. The molecule has 0 atom stereocenters. The topological polar surface area (TPSA) is 115 Å². The SMILES string of the molecule is C=C(Cl)C(=O)Nc1cccc(Nc2nc(Nc3ccc(N4CCN(C(C)=O)CC4)cn3)ncc2Cl)c1. The zero-order valence-electron chi connectivity index (χ0n) is 19.5. The van der Waals surface area contributed by atoms with Crippen LogP contribution in [0.15, 0.2) is 60.4 Å². The van der Waals surface area contributed by atoms with E-state index in [0.29, 0.717) is 47.1 Å². The number of carbonyl (C=O) groups is 2. The lowest BCUT2D eigenvalue weighted by Crippen LogP contribution is -2.48. The number of nitrogens with zero attached hydrogens (tertiary/aromatic N) is 5. The van der Waals surface area contributed by atoms with Crippen molar-refractivity contribution in [1.82, 2.24) is 19.9 Å². The molecule has 36 heavy (non-hydrogen) atoms. The molecule has 10 nitrogen and oxygen atoms in total. The molecule has 12 heteroatoms. The van der Waals surface area contributed by atoms with Crippen LogP contribution in [-0.2, 0) is 9.59 Å². The van der Waals surface area contributed by atoms with Crippen molar-refractivity contribution in [3.63, 3.8) is 0 Å². The maximum Gasteiger partial charge on any atom is 0.266 e. The Bertz CT molecular complexity index is 1280. The fourth-order valence-electron chi connectivity index (χ4n) is 3.57. The predicted molar refractivity (Wildman–Crippen MR) is 142 cm³/mol. The van der Waals surface area contributed by atoms with Crippen LogP contribution in [0.1, 0.15) is 6.92 Å². The summed E-state index contributed by atoms with van der Waals surface area (Å²) in [5.41, 5.74) is 2.15. The number of hydrogen-bond acceptors (Lipinski definition) is 8. The molecule has 0 saturated carbocycles. The summed E-state index contributed by atoms with van der Waals surface area (Å²) >= 11 is 11.9. The van der Waals surface area contributed by atoms with E-state index in [1.807, 2.05) is 17.0 Å². The van der Waals surface area contributed by atoms with E-state index >= 15 is 0 Å². The zero-order valence-corrected chi connectivity index (χ0v) is 21.0. The van der Waals surface area contributed by atoms with Gasteiger partial charge in [0.05, 0.1) is 23.1 Å². The third kappa shape index (κ3) is 6.41. The molecule has 1 fully saturated rings. The highest BCUT2D eigenvalue weighted by Gasteiger charge is 2.19. The van der Waals surface area contributed by atoms with Gasteiger partial charge in [-0.25, -0.2) is 9.97 Å². The van der Waals surface area contributed by atoms with Crippen molar-refractivity contribution in [3.05, 3.63) is 65.4 Å². The molecule has 1 aromatic carbocycles. The molecule has 1 aliphatic heterocycles. The smallest absolute Gasteiger partial charge is 0.266 e. The summed E-state index contributed by atoms with van der Waals surface area (Å²) < 4.78 is 0. The largest absolute Gasteiger partial charge is 0.367 e. The van der Waals surface area contributed by atoms with E-state index in [9.17, 15) is 9.59 Å². The highest BCUT2D eigenvalue weighted by molar-refractivity contribution is 6.43. The van der Waals surface area contributed by atoms with Crippen molar-refractivity contribution in [2.45, 2.75) is 6.92 Å². The van der Waals surface area contributed by atoms with E-state index in [4.69, 9.17) is 23.2 Å². The van der Waals surface area contributed by atoms with Gasteiger partial charge in [-0.05, 0) is 30.3 Å². The molecule has 0 radical (unpaired) electrons. The van der Waals surface area contributed by atoms with Gasteiger partial charge in [-0.3, -0.25) is 9.59 Å². The van der Waals surface area contributed by atoms with Crippen molar-refractivity contribution in [1.29, 1.82) is 0 Å². The zero-order chi connectivity index (χ0) is 25.7. The fourth-order valence-corrected chi connectivity index (χ4v) is 3.75. The van der Waals surface area contributed by atoms with Crippen molar-refractivity contribution in [2.75, 3.05) is 47.0 Å². The summed E-state index contributed by atoms with van der Waals surface area (Å²) in [7, 11) is 0. The minimum atomic E-state index is -0.489. The van der Waals surface area contributed by atoms with Crippen molar-refractivity contribution in [3.8, 4) is 0 Å². The molecule has 0 aliphatic carbocycles. The van der Waals surface area contributed by atoms with Crippen LogP contribution in [0.5, 0.6) is 0 Å². The molecule has 1 aliphatic rings. The van der Waals surface area contributed by atoms with Crippen LogP contribution < -0.4 is 20.9 Å². The second-order valence-electron chi connectivity index (χ2n) is 7.97. The number of piperazine rings is 1.